The average molecular weight is 166 g/mol. The lowest BCUT2D eigenvalue weighted by Gasteiger charge is -1.91. The smallest absolute Gasteiger partial charge is 0.212 e. The van der Waals surface area contributed by atoms with Gasteiger partial charge in [0.1, 0.15) is 0 Å². The fourth-order valence-corrected chi connectivity index (χ4v) is 0.801. The van der Waals surface area contributed by atoms with Crippen LogP contribution in [0, 0.1) is 5.95 Å². The molecular formula is C9H11FN2. The van der Waals surface area contributed by atoms with Gasteiger partial charge >= 0.3 is 0 Å². The fraction of sp³-hybridized carbons (Fsp3) is 0.222. The maximum Gasteiger partial charge on any atom is 0.212 e. The van der Waals surface area contributed by atoms with Crippen molar-refractivity contribution in [1.29, 1.82) is 0 Å². The van der Waals surface area contributed by atoms with Crippen molar-refractivity contribution in [2.45, 2.75) is 6.42 Å². The zero-order valence-electron chi connectivity index (χ0n) is 6.70. The number of nitrogens with zero attached hydrogens (tertiary/aromatic N) is 1. The third-order valence-electron chi connectivity index (χ3n) is 1.39. The van der Waals surface area contributed by atoms with Gasteiger partial charge in [-0.15, -0.1) is 0 Å². The fourth-order valence-electron chi connectivity index (χ4n) is 0.801. The number of halogens is 1. The first kappa shape index (κ1) is 8.87. The number of aromatic nitrogens is 1. The molecule has 0 spiro atoms. The molecule has 0 bridgehead atoms. The van der Waals surface area contributed by atoms with E-state index in [2.05, 4.69) is 4.98 Å². The topological polar surface area (TPSA) is 38.9 Å². The van der Waals surface area contributed by atoms with Crippen LogP contribution in [-0.2, 0) is 0 Å². The molecule has 1 aromatic rings. The van der Waals surface area contributed by atoms with Crippen LogP contribution in [0.1, 0.15) is 12.0 Å². The molecule has 2 N–H and O–H groups in total. The second-order valence-corrected chi connectivity index (χ2v) is 2.39. The third-order valence-corrected chi connectivity index (χ3v) is 1.39. The van der Waals surface area contributed by atoms with E-state index in [-0.39, 0.29) is 0 Å². The zero-order chi connectivity index (χ0) is 8.81. The predicted molar refractivity (Wildman–Crippen MR) is 46.9 cm³/mol. The Morgan fingerprint density at radius 1 is 1.50 bits per heavy atom. The molecule has 0 saturated carbocycles. The van der Waals surface area contributed by atoms with E-state index >= 15 is 0 Å². The van der Waals surface area contributed by atoms with Crippen molar-refractivity contribution in [3.63, 3.8) is 0 Å². The summed E-state index contributed by atoms with van der Waals surface area (Å²) in [5, 5.41) is 0. The Morgan fingerprint density at radius 3 is 2.92 bits per heavy atom. The van der Waals surface area contributed by atoms with Crippen molar-refractivity contribution in [1.82, 2.24) is 4.98 Å². The number of nitrogens with two attached hydrogens (primary N) is 1. The molecule has 12 heavy (non-hydrogen) atoms. The quantitative estimate of drug-likeness (QED) is 0.692. The molecule has 2 nitrogen and oxygen atoms in total. The second kappa shape index (κ2) is 4.62. The monoisotopic (exact) mass is 166 g/mol. The number of rotatable bonds is 3. The van der Waals surface area contributed by atoms with Gasteiger partial charge in [0.2, 0.25) is 5.95 Å². The van der Waals surface area contributed by atoms with Crippen LogP contribution >= 0.6 is 0 Å². The predicted octanol–water partition coefficient (Wildman–Crippen LogP) is 1.58. The van der Waals surface area contributed by atoms with Crippen molar-refractivity contribution in [3.05, 3.63) is 35.9 Å². The Bertz CT molecular complexity index is 254. The molecule has 0 radical (unpaired) electrons. The lowest BCUT2D eigenvalue weighted by atomic mass is 10.2. The first-order valence-electron chi connectivity index (χ1n) is 3.81. The summed E-state index contributed by atoms with van der Waals surface area (Å²) in [6, 6.07) is 3.01. The van der Waals surface area contributed by atoms with Crippen molar-refractivity contribution in [2.24, 2.45) is 5.73 Å². The Labute approximate surface area is 70.9 Å². The van der Waals surface area contributed by atoms with Crippen LogP contribution in [0.5, 0.6) is 0 Å². The maximum absolute atomic E-state index is 12.3. The Kier molecular flexibility index (Phi) is 3.41. The van der Waals surface area contributed by atoms with Crippen molar-refractivity contribution in [2.75, 3.05) is 6.54 Å². The summed E-state index contributed by atoms with van der Waals surface area (Å²) in [5.41, 5.74) is 6.18. The van der Waals surface area contributed by atoms with Crippen molar-refractivity contribution in [3.8, 4) is 0 Å². The minimum Gasteiger partial charge on any atom is -0.330 e. The normalized spacial score (nSPS) is 10.8. The van der Waals surface area contributed by atoms with Gasteiger partial charge < -0.3 is 5.73 Å². The molecule has 1 rings (SSSR count). The minimum atomic E-state index is -0.453. The van der Waals surface area contributed by atoms with Gasteiger partial charge in [-0.1, -0.05) is 12.2 Å². The van der Waals surface area contributed by atoms with Crippen LogP contribution < -0.4 is 5.73 Å². The summed E-state index contributed by atoms with van der Waals surface area (Å²) < 4.78 is 12.3. The van der Waals surface area contributed by atoms with E-state index in [1.54, 1.807) is 6.07 Å². The molecule has 1 aromatic heterocycles. The number of pyridine rings is 1. The minimum absolute atomic E-state index is 0.453. The molecule has 0 atom stereocenters. The van der Waals surface area contributed by atoms with Crippen molar-refractivity contribution < 1.29 is 4.39 Å². The standard InChI is InChI=1S/C9H11FN2/c10-9-5-4-8(7-12-9)3-1-2-6-11/h1,3-5,7H,2,6,11H2. The van der Waals surface area contributed by atoms with Gasteiger partial charge in [0.25, 0.3) is 0 Å². The lowest BCUT2D eigenvalue weighted by Crippen LogP contribution is -1.94. The molecule has 0 aliphatic rings. The highest BCUT2D eigenvalue weighted by atomic mass is 19.1. The molecule has 3 heteroatoms. The van der Waals surface area contributed by atoms with Crippen LogP contribution in [0.4, 0.5) is 4.39 Å². The van der Waals surface area contributed by atoms with E-state index in [0.717, 1.165) is 12.0 Å². The third kappa shape index (κ3) is 2.80. The highest BCUT2D eigenvalue weighted by Crippen LogP contribution is 2.01. The summed E-state index contributed by atoms with van der Waals surface area (Å²) in [7, 11) is 0. The molecule has 0 saturated heterocycles. The molecule has 0 fully saturated rings. The average Bonchev–Trinajstić information content (AvgIpc) is 2.09. The first-order valence-corrected chi connectivity index (χ1v) is 3.81. The number of hydrogen-bond donors (Lipinski definition) is 1. The van der Waals surface area contributed by atoms with Gasteiger partial charge in [-0.3, -0.25) is 0 Å². The molecule has 0 unspecified atom stereocenters. The van der Waals surface area contributed by atoms with Gasteiger partial charge in [-0.05, 0) is 30.7 Å². The molecule has 0 amide bonds. The van der Waals surface area contributed by atoms with E-state index in [9.17, 15) is 4.39 Å². The van der Waals surface area contributed by atoms with Crippen molar-refractivity contribution >= 4 is 6.08 Å². The summed E-state index contributed by atoms with van der Waals surface area (Å²) in [6.07, 6.45) is 6.13. The van der Waals surface area contributed by atoms with Gasteiger partial charge in [0.15, 0.2) is 0 Å². The van der Waals surface area contributed by atoms with E-state index in [4.69, 9.17) is 5.73 Å². The largest absolute Gasteiger partial charge is 0.330 e. The SMILES string of the molecule is NCCC=Cc1ccc(F)nc1. The number of hydrogen-bond acceptors (Lipinski definition) is 2. The first-order chi connectivity index (χ1) is 5.83. The van der Waals surface area contributed by atoms with Crippen LogP contribution in [0.15, 0.2) is 24.4 Å². The van der Waals surface area contributed by atoms with E-state index < -0.39 is 5.95 Å². The van der Waals surface area contributed by atoms with Gasteiger partial charge in [-0.2, -0.15) is 4.39 Å². The zero-order valence-corrected chi connectivity index (χ0v) is 6.70. The molecule has 64 valence electrons. The molecule has 1 heterocycles. The van der Waals surface area contributed by atoms with Gasteiger partial charge in [0.05, 0.1) is 0 Å². The summed E-state index contributed by atoms with van der Waals surface area (Å²) in [6.45, 7) is 0.630. The lowest BCUT2D eigenvalue weighted by molar-refractivity contribution is 0.583. The second-order valence-electron chi connectivity index (χ2n) is 2.39. The highest BCUT2D eigenvalue weighted by molar-refractivity contribution is 5.47. The summed E-state index contributed by atoms with van der Waals surface area (Å²) in [5.74, 6) is -0.453. The van der Waals surface area contributed by atoms with Crippen LogP contribution in [0.25, 0.3) is 6.08 Å². The van der Waals surface area contributed by atoms with E-state index in [1.165, 1.54) is 12.3 Å². The van der Waals surface area contributed by atoms with Crippen LogP contribution in [-0.4, -0.2) is 11.5 Å². The van der Waals surface area contributed by atoms with Gasteiger partial charge in [0, 0.05) is 6.20 Å². The van der Waals surface area contributed by atoms with E-state index in [0.29, 0.717) is 6.54 Å². The molecule has 0 aromatic carbocycles. The van der Waals surface area contributed by atoms with E-state index in [1.807, 2.05) is 12.2 Å². The maximum atomic E-state index is 12.3. The highest BCUT2D eigenvalue weighted by Gasteiger charge is 1.88. The Hall–Kier alpha value is -1.22. The summed E-state index contributed by atoms with van der Waals surface area (Å²) >= 11 is 0. The van der Waals surface area contributed by atoms with Crippen LogP contribution in [0.2, 0.25) is 0 Å². The van der Waals surface area contributed by atoms with Gasteiger partial charge in [-0.25, -0.2) is 4.98 Å². The van der Waals surface area contributed by atoms with Crippen LogP contribution in [0.3, 0.4) is 0 Å². The Balaban J connectivity index is 2.58. The Morgan fingerprint density at radius 2 is 2.33 bits per heavy atom. The molecular weight excluding hydrogens is 155 g/mol. The summed E-state index contributed by atoms with van der Waals surface area (Å²) in [4.78, 5) is 3.51. The molecule has 0 aliphatic heterocycles. The molecule has 0 aliphatic carbocycles.